The molecule has 0 saturated carbocycles. The van der Waals surface area contributed by atoms with E-state index in [0.29, 0.717) is 5.69 Å². The molecular formula is C4H6N2O2S2. The summed E-state index contributed by atoms with van der Waals surface area (Å²) in [5.41, 5.74) is 0.507. The first-order valence-electron chi connectivity index (χ1n) is 2.41. The van der Waals surface area contributed by atoms with E-state index in [4.69, 9.17) is 5.14 Å². The molecule has 0 bridgehead atoms. The zero-order valence-corrected chi connectivity index (χ0v) is 6.58. The summed E-state index contributed by atoms with van der Waals surface area (Å²) >= 11 is 1.40. The molecule has 0 aliphatic carbocycles. The summed E-state index contributed by atoms with van der Waals surface area (Å²) in [6.07, 6.45) is 0. The highest BCUT2D eigenvalue weighted by Crippen LogP contribution is 2.11. The number of rotatable bonds is 2. The van der Waals surface area contributed by atoms with Crippen LogP contribution in [0.1, 0.15) is 0 Å². The SMILES string of the molecule is NS(=O)(=O)Nc1ccsc1. The molecule has 4 nitrogen and oxygen atoms in total. The molecule has 0 amide bonds. The third-order valence-electron chi connectivity index (χ3n) is 0.781. The minimum absolute atomic E-state index is 0.507. The summed E-state index contributed by atoms with van der Waals surface area (Å²) in [4.78, 5) is 0. The van der Waals surface area contributed by atoms with Gasteiger partial charge in [0.2, 0.25) is 0 Å². The largest absolute Gasteiger partial charge is 0.296 e. The lowest BCUT2D eigenvalue weighted by Gasteiger charge is -1.96. The van der Waals surface area contributed by atoms with E-state index in [2.05, 4.69) is 4.72 Å². The van der Waals surface area contributed by atoms with Crippen molar-refractivity contribution < 1.29 is 8.42 Å². The summed E-state index contributed by atoms with van der Waals surface area (Å²) in [7, 11) is -3.59. The first-order chi connectivity index (χ1) is 4.58. The smallest absolute Gasteiger partial charge is 0.270 e. The molecule has 1 aromatic heterocycles. The molecule has 0 unspecified atom stereocenters. The topological polar surface area (TPSA) is 72.2 Å². The van der Waals surface area contributed by atoms with Crippen molar-refractivity contribution in [2.45, 2.75) is 0 Å². The fourth-order valence-corrected chi connectivity index (χ4v) is 1.60. The van der Waals surface area contributed by atoms with Crippen LogP contribution in [-0.4, -0.2) is 8.42 Å². The fraction of sp³-hybridized carbons (Fsp3) is 0. The third-order valence-corrected chi connectivity index (χ3v) is 1.98. The Morgan fingerprint density at radius 1 is 1.60 bits per heavy atom. The molecule has 3 N–H and O–H groups in total. The zero-order valence-electron chi connectivity index (χ0n) is 4.94. The number of nitrogens with two attached hydrogens (primary N) is 1. The van der Waals surface area contributed by atoms with E-state index in [9.17, 15) is 8.42 Å². The van der Waals surface area contributed by atoms with Crippen molar-refractivity contribution in [2.24, 2.45) is 5.14 Å². The van der Waals surface area contributed by atoms with Gasteiger partial charge >= 0.3 is 0 Å². The Kier molecular flexibility index (Phi) is 1.93. The van der Waals surface area contributed by atoms with Crippen LogP contribution in [0.5, 0.6) is 0 Å². The van der Waals surface area contributed by atoms with E-state index in [1.54, 1.807) is 16.8 Å². The molecule has 56 valence electrons. The Morgan fingerprint density at radius 2 is 2.30 bits per heavy atom. The van der Waals surface area contributed by atoms with Crippen molar-refractivity contribution in [2.75, 3.05) is 4.72 Å². The van der Waals surface area contributed by atoms with Crippen LogP contribution in [0, 0.1) is 0 Å². The van der Waals surface area contributed by atoms with E-state index < -0.39 is 10.2 Å². The van der Waals surface area contributed by atoms with Gasteiger partial charge in [-0.2, -0.15) is 19.8 Å². The summed E-state index contributed by atoms with van der Waals surface area (Å²) < 4.78 is 22.9. The van der Waals surface area contributed by atoms with Crippen LogP contribution in [0.4, 0.5) is 5.69 Å². The Labute approximate surface area is 62.9 Å². The molecule has 0 aromatic carbocycles. The van der Waals surface area contributed by atoms with Gasteiger partial charge in [-0.3, -0.25) is 4.72 Å². The molecule has 1 heterocycles. The highest BCUT2D eigenvalue weighted by atomic mass is 32.2. The average molecular weight is 178 g/mol. The molecule has 1 rings (SSSR count). The Morgan fingerprint density at radius 3 is 2.70 bits per heavy atom. The van der Waals surface area contributed by atoms with Crippen molar-refractivity contribution in [3.05, 3.63) is 16.8 Å². The summed E-state index contributed by atoms with van der Waals surface area (Å²) in [5, 5.41) is 8.11. The van der Waals surface area contributed by atoms with Gasteiger partial charge in [0.25, 0.3) is 10.2 Å². The van der Waals surface area contributed by atoms with Crippen LogP contribution in [-0.2, 0) is 10.2 Å². The van der Waals surface area contributed by atoms with Gasteiger partial charge in [-0.15, -0.1) is 0 Å². The summed E-state index contributed by atoms with van der Waals surface area (Å²) in [6.45, 7) is 0. The van der Waals surface area contributed by atoms with Crippen molar-refractivity contribution in [3.8, 4) is 0 Å². The van der Waals surface area contributed by atoms with Gasteiger partial charge in [-0.05, 0) is 11.4 Å². The summed E-state index contributed by atoms with van der Waals surface area (Å²) in [6, 6.07) is 1.63. The summed E-state index contributed by atoms with van der Waals surface area (Å²) in [5.74, 6) is 0. The van der Waals surface area contributed by atoms with Gasteiger partial charge in [-0.1, -0.05) is 0 Å². The maximum absolute atomic E-state index is 10.4. The monoisotopic (exact) mass is 178 g/mol. The van der Waals surface area contributed by atoms with E-state index >= 15 is 0 Å². The Balaban J connectivity index is 2.75. The molecular weight excluding hydrogens is 172 g/mol. The quantitative estimate of drug-likeness (QED) is 0.686. The first kappa shape index (κ1) is 7.52. The number of thiophene rings is 1. The second-order valence-electron chi connectivity index (χ2n) is 1.66. The normalized spacial score (nSPS) is 11.3. The van der Waals surface area contributed by atoms with E-state index in [-0.39, 0.29) is 0 Å². The second-order valence-corrected chi connectivity index (χ2v) is 3.73. The Hall–Kier alpha value is -0.590. The molecule has 0 fully saturated rings. The standard InChI is InChI=1S/C4H6N2O2S2/c5-10(7,8)6-4-1-2-9-3-4/h1-3,6H,(H2,5,7,8). The highest BCUT2D eigenvalue weighted by molar-refractivity contribution is 7.90. The minimum Gasteiger partial charge on any atom is -0.270 e. The second kappa shape index (κ2) is 2.57. The van der Waals surface area contributed by atoms with Gasteiger partial charge in [0.05, 0.1) is 5.69 Å². The molecule has 0 atom stereocenters. The van der Waals surface area contributed by atoms with E-state index in [1.807, 2.05) is 0 Å². The molecule has 0 spiro atoms. The number of hydrogen-bond donors (Lipinski definition) is 2. The lowest BCUT2D eigenvalue weighted by Crippen LogP contribution is -2.21. The number of anilines is 1. The van der Waals surface area contributed by atoms with Crippen LogP contribution in [0.15, 0.2) is 16.8 Å². The van der Waals surface area contributed by atoms with Crippen molar-refractivity contribution in [1.29, 1.82) is 0 Å². The van der Waals surface area contributed by atoms with Gasteiger partial charge in [0.15, 0.2) is 0 Å². The molecule has 0 saturated heterocycles. The van der Waals surface area contributed by atoms with E-state index in [1.165, 1.54) is 11.3 Å². The van der Waals surface area contributed by atoms with Gasteiger partial charge < -0.3 is 0 Å². The fourth-order valence-electron chi connectivity index (χ4n) is 0.487. The predicted octanol–water partition coefficient (Wildman–Crippen LogP) is 0.364. The van der Waals surface area contributed by atoms with Crippen molar-refractivity contribution in [3.63, 3.8) is 0 Å². The molecule has 10 heavy (non-hydrogen) atoms. The van der Waals surface area contributed by atoms with Crippen molar-refractivity contribution in [1.82, 2.24) is 0 Å². The van der Waals surface area contributed by atoms with Crippen LogP contribution >= 0.6 is 11.3 Å². The van der Waals surface area contributed by atoms with Gasteiger partial charge in [-0.25, -0.2) is 5.14 Å². The molecule has 0 aliphatic rings. The lowest BCUT2D eigenvalue weighted by atomic mass is 10.6. The predicted molar refractivity (Wildman–Crippen MR) is 41.0 cm³/mol. The van der Waals surface area contributed by atoms with Crippen LogP contribution in [0.25, 0.3) is 0 Å². The van der Waals surface area contributed by atoms with Crippen LogP contribution in [0.3, 0.4) is 0 Å². The number of nitrogens with one attached hydrogen (secondary N) is 1. The average Bonchev–Trinajstić information content (AvgIpc) is 2.12. The lowest BCUT2D eigenvalue weighted by molar-refractivity contribution is 0.603. The molecule has 0 aliphatic heterocycles. The maximum Gasteiger partial charge on any atom is 0.296 e. The number of hydrogen-bond acceptors (Lipinski definition) is 3. The maximum atomic E-state index is 10.4. The van der Waals surface area contributed by atoms with Crippen molar-refractivity contribution >= 4 is 27.2 Å². The van der Waals surface area contributed by atoms with Crippen LogP contribution < -0.4 is 9.86 Å². The minimum atomic E-state index is -3.59. The van der Waals surface area contributed by atoms with E-state index in [0.717, 1.165) is 0 Å². The molecule has 0 radical (unpaired) electrons. The molecule has 6 heteroatoms. The van der Waals surface area contributed by atoms with Gasteiger partial charge in [0.1, 0.15) is 0 Å². The van der Waals surface area contributed by atoms with Gasteiger partial charge in [0, 0.05) is 5.38 Å². The Bertz CT molecular complexity index is 289. The van der Waals surface area contributed by atoms with Crippen LogP contribution in [0.2, 0.25) is 0 Å². The zero-order chi connectivity index (χ0) is 7.61. The molecule has 1 aromatic rings. The highest BCUT2D eigenvalue weighted by Gasteiger charge is 2.00. The first-order valence-corrected chi connectivity index (χ1v) is 4.89. The third kappa shape index (κ3) is 2.34.